The van der Waals surface area contributed by atoms with Crippen molar-refractivity contribution >= 4 is 29.9 Å². The van der Waals surface area contributed by atoms with E-state index >= 15 is 0 Å². The molecule has 6 nitrogen and oxygen atoms in total. The van der Waals surface area contributed by atoms with Crippen molar-refractivity contribution in [2.24, 2.45) is 4.99 Å². The maximum atomic E-state index is 6.16. The first-order chi connectivity index (χ1) is 15.5. The quantitative estimate of drug-likeness (QED) is 0.240. The van der Waals surface area contributed by atoms with Crippen molar-refractivity contribution in [2.75, 3.05) is 7.05 Å². The topological polar surface area (TPSA) is 63.5 Å². The number of benzene rings is 2. The first kappa shape index (κ1) is 25.1. The molecule has 1 aromatic heterocycles. The van der Waals surface area contributed by atoms with Crippen molar-refractivity contribution in [1.82, 2.24) is 20.2 Å². The van der Waals surface area contributed by atoms with Gasteiger partial charge in [-0.3, -0.25) is 4.99 Å². The largest absolute Gasteiger partial charge is 0.487 e. The maximum absolute atomic E-state index is 6.16. The van der Waals surface area contributed by atoms with Crippen molar-refractivity contribution in [2.45, 2.75) is 57.8 Å². The van der Waals surface area contributed by atoms with Crippen LogP contribution in [0.25, 0.3) is 0 Å². The van der Waals surface area contributed by atoms with Gasteiger partial charge >= 0.3 is 0 Å². The fraction of sp³-hybridized carbons (Fsp3) is 0.385. The van der Waals surface area contributed by atoms with E-state index in [-0.39, 0.29) is 35.6 Å². The van der Waals surface area contributed by atoms with Crippen LogP contribution in [0.3, 0.4) is 0 Å². The molecule has 176 valence electrons. The van der Waals surface area contributed by atoms with E-state index in [0.29, 0.717) is 6.54 Å². The third-order valence-electron chi connectivity index (χ3n) is 5.83. The van der Waals surface area contributed by atoms with Gasteiger partial charge in [0.05, 0.1) is 12.6 Å². The molecule has 33 heavy (non-hydrogen) atoms. The van der Waals surface area contributed by atoms with Crippen LogP contribution in [-0.4, -0.2) is 28.2 Å². The number of guanidine groups is 1. The molecule has 2 aromatic carbocycles. The molecule has 0 amide bonds. The first-order valence-electron chi connectivity index (χ1n) is 11.3. The van der Waals surface area contributed by atoms with E-state index in [9.17, 15) is 0 Å². The lowest BCUT2D eigenvalue weighted by Crippen LogP contribution is -2.45. The van der Waals surface area contributed by atoms with Crippen LogP contribution in [0.4, 0.5) is 0 Å². The second kappa shape index (κ2) is 11.5. The third-order valence-corrected chi connectivity index (χ3v) is 5.83. The van der Waals surface area contributed by atoms with Crippen LogP contribution in [0, 0.1) is 0 Å². The van der Waals surface area contributed by atoms with Crippen LogP contribution in [0.5, 0.6) is 5.75 Å². The lowest BCUT2D eigenvalue weighted by molar-refractivity contribution is 0.0694. The Balaban J connectivity index is 0.00000306. The van der Waals surface area contributed by atoms with Gasteiger partial charge in [-0.05, 0) is 38.3 Å². The summed E-state index contributed by atoms with van der Waals surface area (Å²) in [6.07, 6.45) is 6.92. The highest BCUT2D eigenvalue weighted by atomic mass is 127. The number of halogens is 1. The lowest BCUT2D eigenvalue weighted by Gasteiger charge is -2.38. The summed E-state index contributed by atoms with van der Waals surface area (Å²) in [4.78, 5) is 9.00. The molecule has 0 fully saturated rings. The van der Waals surface area contributed by atoms with Gasteiger partial charge in [0.2, 0.25) is 0 Å². The molecule has 0 bridgehead atoms. The summed E-state index contributed by atoms with van der Waals surface area (Å²) in [6.45, 7) is 5.81. The Kier molecular flexibility index (Phi) is 8.77. The Hall–Kier alpha value is -2.55. The van der Waals surface area contributed by atoms with Crippen LogP contribution in [0.1, 0.15) is 49.7 Å². The van der Waals surface area contributed by atoms with E-state index < -0.39 is 0 Å². The summed E-state index contributed by atoms with van der Waals surface area (Å²) < 4.78 is 8.37. The molecule has 2 N–H and O–H groups in total. The Labute approximate surface area is 213 Å². The fourth-order valence-electron chi connectivity index (χ4n) is 4.26. The zero-order valence-electron chi connectivity index (χ0n) is 19.6. The van der Waals surface area contributed by atoms with Crippen LogP contribution >= 0.6 is 24.0 Å². The molecule has 0 saturated carbocycles. The standard InChI is InChI=1S/C26H33N5O.HI/c1-26(2)18-22(21-13-7-8-14-23(21)32-26)30-25(27-3)29-19-24-28-15-17-31(24)16-9-12-20-10-5-4-6-11-20;/h4-8,10-11,13-15,17,22H,9,12,16,18-19H2,1-3H3,(H2,27,29,30);1H. The minimum Gasteiger partial charge on any atom is -0.487 e. The van der Waals surface area contributed by atoms with Gasteiger partial charge < -0.3 is 19.9 Å². The number of nitrogens with one attached hydrogen (secondary N) is 2. The number of aliphatic imine (C=N–C) groups is 1. The van der Waals surface area contributed by atoms with E-state index in [1.165, 1.54) is 5.56 Å². The summed E-state index contributed by atoms with van der Waals surface area (Å²) in [6, 6.07) is 19.0. The van der Waals surface area contributed by atoms with Gasteiger partial charge in [-0.25, -0.2) is 4.98 Å². The number of rotatable bonds is 7. The zero-order chi connectivity index (χ0) is 22.4. The molecule has 7 heteroatoms. The number of ether oxygens (including phenoxy) is 1. The highest BCUT2D eigenvalue weighted by molar-refractivity contribution is 14.0. The third kappa shape index (κ3) is 6.72. The van der Waals surface area contributed by atoms with Crippen molar-refractivity contribution in [1.29, 1.82) is 0 Å². The number of para-hydroxylation sites is 1. The van der Waals surface area contributed by atoms with Crippen LogP contribution < -0.4 is 15.4 Å². The Morgan fingerprint density at radius 2 is 1.91 bits per heavy atom. The van der Waals surface area contributed by atoms with Crippen LogP contribution in [0.15, 0.2) is 72.0 Å². The van der Waals surface area contributed by atoms with Gasteiger partial charge in [-0.1, -0.05) is 48.5 Å². The van der Waals surface area contributed by atoms with E-state index in [1.807, 2.05) is 18.3 Å². The molecular formula is C26H34IN5O. The van der Waals surface area contributed by atoms with Crippen LogP contribution in [0.2, 0.25) is 0 Å². The minimum absolute atomic E-state index is 0. The van der Waals surface area contributed by atoms with Gasteiger partial charge in [0.15, 0.2) is 5.96 Å². The predicted octanol–water partition coefficient (Wildman–Crippen LogP) is 5.10. The number of aryl methyl sites for hydroxylation is 2. The number of hydrogen-bond donors (Lipinski definition) is 2. The highest BCUT2D eigenvalue weighted by Gasteiger charge is 2.33. The normalized spacial score (nSPS) is 16.8. The smallest absolute Gasteiger partial charge is 0.191 e. The van der Waals surface area contributed by atoms with Crippen molar-refractivity contribution in [3.05, 3.63) is 83.9 Å². The number of fused-ring (bicyclic) bond motifs is 1. The van der Waals surface area contributed by atoms with Crippen molar-refractivity contribution in [3.63, 3.8) is 0 Å². The molecule has 1 aliphatic heterocycles. The summed E-state index contributed by atoms with van der Waals surface area (Å²) in [5, 5.41) is 7.03. The molecule has 0 aliphatic carbocycles. The Bertz CT molecular complexity index is 1050. The summed E-state index contributed by atoms with van der Waals surface area (Å²) in [7, 11) is 1.80. The van der Waals surface area contributed by atoms with E-state index in [2.05, 4.69) is 87.7 Å². The number of aromatic nitrogens is 2. The Morgan fingerprint density at radius 3 is 2.70 bits per heavy atom. The maximum Gasteiger partial charge on any atom is 0.191 e. The van der Waals surface area contributed by atoms with Crippen LogP contribution in [-0.2, 0) is 19.5 Å². The van der Waals surface area contributed by atoms with E-state index in [0.717, 1.165) is 48.9 Å². The summed E-state index contributed by atoms with van der Waals surface area (Å²) >= 11 is 0. The predicted molar refractivity (Wildman–Crippen MR) is 144 cm³/mol. The second-order valence-electron chi connectivity index (χ2n) is 8.85. The van der Waals surface area contributed by atoms with Crippen molar-refractivity contribution < 1.29 is 4.74 Å². The molecule has 0 spiro atoms. The van der Waals surface area contributed by atoms with Gasteiger partial charge in [-0.15, -0.1) is 24.0 Å². The second-order valence-corrected chi connectivity index (χ2v) is 8.85. The molecule has 1 unspecified atom stereocenters. The minimum atomic E-state index is -0.236. The zero-order valence-corrected chi connectivity index (χ0v) is 22.0. The first-order valence-corrected chi connectivity index (χ1v) is 11.3. The molecule has 1 aliphatic rings. The molecular weight excluding hydrogens is 525 g/mol. The molecule has 3 aromatic rings. The summed E-state index contributed by atoms with van der Waals surface area (Å²) in [5.41, 5.74) is 2.30. The molecule has 1 atom stereocenters. The number of nitrogens with zero attached hydrogens (tertiary/aromatic N) is 3. The SMILES string of the molecule is CN=C(NCc1nccn1CCCc1ccccc1)NC1CC(C)(C)Oc2ccccc21.I. The average molecular weight is 559 g/mol. The van der Waals surface area contributed by atoms with Gasteiger partial charge in [0.1, 0.15) is 17.2 Å². The van der Waals surface area contributed by atoms with Gasteiger partial charge in [0, 0.05) is 38.0 Å². The van der Waals surface area contributed by atoms with Gasteiger partial charge in [-0.2, -0.15) is 0 Å². The lowest BCUT2D eigenvalue weighted by atomic mass is 9.90. The number of imidazole rings is 1. The Morgan fingerprint density at radius 1 is 1.15 bits per heavy atom. The van der Waals surface area contributed by atoms with Gasteiger partial charge in [0.25, 0.3) is 0 Å². The number of hydrogen-bond acceptors (Lipinski definition) is 3. The van der Waals surface area contributed by atoms with E-state index in [1.54, 1.807) is 7.05 Å². The fourth-order valence-corrected chi connectivity index (χ4v) is 4.26. The van der Waals surface area contributed by atoms with E-state index in [4.69, 9.17) is 4.74 Å². The monoisotopic (exact) mass is 559 g/mol. The molecule has 0 saturated heterocycles. The van der Waals surface area contributed by atoms with Crippen molar-refractivity contribution in [3.8, 4) is 5.75 Å². The molecule has 2 heterocycles. The highest BCUT2D eigenvalue weighted by Crippen LogP contribution is 2.39. The molecule has 0 radical (unpaired) electrons. The molecule has 4 rings (SSSR count). The average Bonchev–Trinajstić information content (AvgIpc) is 3.23. The summed E-state index contributed by atoms with van der Waals surface area (Å²) in [5.74, 6) is 2.71.